The first-order chi connectivity index (χ1) is 10.9. The third-order valence-corrected chi connectivity index (χ3v) is 3.47. The van der Waals surface area contributed by atoms with E-state index in [-0.39, 0.29) is 29.9 Å². The Morgan fingerprint density at radius 3 is 2.54 bits per heavy atom. The Balaban J connectivity index is 0.00000529. The summed E-state index contributed by atoms with van der Waals surface area (Å²) in [5.41, 5.74) is 0.583. The van der Waals surface area contributed by atoms with Crippen LogP contribution in [0.15, 0.2) is 29.3 Å². The van der Waals surface area contributed by atoms with Crippen molar-refractivity contribution in [3.05, 3.63) is 29.8 Å². The SMILES string of the molecule is CCNC(=O)C(C)(C)CNC(=NC)NCc1cccc(OC)c1.I. The minimum Gasteiger partial charge on any atom is -0.497 e. The highest BCUT2D eigenvalue weighted by Gasteiger charge is 2.27. The number of guanidine groups is 1. The molecular formula is C17H29IN4O2. The van der Waals surface area contributed by atoms with E-state index in [0.717, 1.165) is 11.3 Å². The Morgan fingerprint density at radius 2 is 1.96 bits per heavy atom. The van der Waals surface area contributed by atoms with Gasteiger partial charge in [-0.05, 0) is 38.5 Å². The summed E-state index contributed by atoms with van der Waals surface area (Å²) in [4.78, 5) is 16.2. The van der Waals surface area contributed by atoms with E-state index in [0.29, 0.717) is 25.6 Å². The molecule has 136 valence electrons. The number of aliphatic imine (C=N–C) groups is 1. The molecule has 1 aromatic rings. The van der Waals surface area contributed by atoms with Gasteiger partial charge in [-0.1, -0.05) is 12.1 Å². The predicted octanol–water partition coefficient (Wildman–Crippen LogP) is 2.14. The summed E-state index contributed by atoms with van der Waals surface area (Å²) in [5, 5.41) is 9.27. The van der Waals surface area contributed by atoms with Crippen molar-refractivity contribution in [3.63, 3.8) is 0 Å². The molecule has 0 heterocycles. The van der Waals surface area contributed by atoms with E-state index in [1.807, 2.05) is 45.0 Å². The number of methoxy groups -OCH3 is 1. The van der Waals surface area contributed by atoms with Crippen LogP contribution in [0, 0.1) is 5.41 Å². The van der Waals surface area contributed by atoms with Gasteiger partial charge in [0.05, 0.1) is 12.5 Å². The van der Waals surface area contributed by atoms with Crippen LogP contribution >= 0.6 is 24.0 Å². The van der Waals surface area contributed by atoms with Gasteiger partial charge in [0.25, 0.3) is 0 Å². The molecule has 0 saturated heterocycles. The average molecular weight is 448 g/mol. The average Bonchev–Trinajstić information content (AvgIpc) is 2.55. The van der Waals surface area contributed by atoms with Crippen LogP contribution in [0.3, 0.4) is 0 Å². The van der Waals surface area contributed by atoms with Crippen LogP contribution in [0.2, 0.25) is 0 Å². The fraction of sp³-hybridized carbons (Fsp3) is 0.529. The van der Waals surface area contributed by atoms with Crippen molar-refractivity contribution in [2.75, 3.05) is 27.2 Å². The van der Waals surface area contributed by atoms with Gasteiger partial charge in [-0.25, -0.2) is 0 Å². The fourth-order valence-corrected chi connectivity index (χ4v) is 1.97. The van der Waals surface area contributed by atoms with E-state index >= 15 is 0 Å². The van der Waals surface area contributed by atoms with E-state index in [1.54, 1.807) is 14.2 Å². The van der Waals surface area contributed by atoms with Crippen LogP contribution in [-0.4, -0.2) is 39.1 Å². The molecule has 7 heteroatoms. The van der Waals surface area contributed by atoms with Gasteiger partial charge in [0.1, 0.15) is 5.75 Å². The van der Waals surface area contributed by atoms with Gasteiger partial charge >= 0.3 is 0 Å². The van der Waals surface area contributed by atoms with Gasteiger partial charge in [-0.15, -0.1) is 24.0 Å². The second kappa shape index (κ2) is 11.1. The summed E-state index contributed by atoms with van der Waals surface area (Å²) in [6.07, 6.45) is 0. The van der Waals surface area contributed by atoms with Crippen LogP contribution in [0.5, 0.6) is 5.75 Å². The van der Waals surface area contributed by atoms with Gasteiger partial charge < -0.3 is 20.7 Å². The Kier molecular flexibility index (Phi) is 10.4. The minimum atomic E-state index is -0.510. The molecule has 0 radical (unpaired) electrons. The van der Waals surface area contributed by atoms with Crippen LogP contribution in [0.1, 0.15) is 26.3 Å². The third kappa shape index (κ3) is 7.37. The molecule has 0 bridgehead atoms. The molecule has 0 spiro atoms. The van der Waals surface area contributed by atoms with Gasteiger partial charge in [0.15, 0.2) is 5.96 Å². The van der Waals surface area contributed by atoms with Crippen LogP contribution in [0.25, 0.3) is 0 Å². The number of carbonyl (C=O) groups excluding carboxylic acids is 1. The number of ether oxygens (including phenoxy) is 1. The van der Waals surface area contributed by atoms with E-state index in [4.69, 9.17) is 4.74 Å². The first-order valence-corrected chi connectivity index (χ1v) is 7.78. The van der Waals surface area contributed by atoms with Crippen molar-refractivity contribution in [3.8, 4) is 5.75 Å². The lowest BCUT2D eigenvalue weighted by molar-refractivity contribution is -0.128. The van der Waals surface area contributed by atoms with Crippen molar-refractivity contribution < 1.29 is 9.53 Å². The molecule has 0 atom stereocenters. The van der Waals surface area contributed by atoms with Crippen molar-refractivity contribution in [2.24, 2.45) is 10.4 Å². The zero-order valence-electron chi connectivity index (χ0n) is 15.1. The third-order valence-electron chi connectivity index (χ3n) is 3.47. The number of halogens is 1. The lowest BCUT2D eigenvalue weighted by Gasteiger charge is -2.24. The van der Waals surface area contributed by atoms with Gasteiger partial charge in [0.2, 0.25) is 5.91 Å². The smallest absolute Gasteiger partial charge is 0.227 e. The summed E-state index contributed by atoms with van der Waals surface area (Å²) in [7, 11) is 3.36. The molecule has 1 aromatic carbocycles. The molecular weight excluding hydrogens is 419 g/mol. The lowest BCUT2D eigenvalue weighted by atomic mass is 9.92. The van der Waals surface area contributed by atoms with Crippen LogP contribution in [-0.2, 0) is 11.3 Å². The number of hydrogen-bond acceptors (Lipinski definition) is 3. The minimum absolute atomic E-state index is 0. The van der Waals surface area contributed by atoms with Crippen molar-refractivity contribution >= 4 is 35.8 Å². The number of carbonyl (C=O) groups is 1. The summed E-state index contributed by atoms with van der Waals surface area (Å²) in [6, 6.07) is 7.84. The van der Waals surface area contributed by atoms with Gasteiger partial charge in [-0.2, -0.15) is 0 Å². The van der Waals surface area contributed by atoms with Crippen molar-refractivity contribution in [2.45, 2.75) is 27.3 Å². The Labute approximate surface area is 161 Å². The largest absolute Gasteiger partial charge is 0.497 e. The normalized spacial score (nSPS) is 11.3. The van der Waals surface area contributed by atoms with E-state index in [2.05, 4.69) is 20.9 Å². The first-order valence-electron chi connectivity index (χ1n) is 7.78. The zero-order valence-corrected chi connectivity index (χ0v) is 17.4. The van der Waals surface area contributed by atoms with Crippen molar-refractivity contribution in [1.29, 1.82) is 0 Å². The molecule has 0 saturated carbocycles. The molecule has 0 aromatic heterocycles. The van der Waals surface area contributed by atoms with E-state index in [1.165, 1.54) is 0 Å². The summed E-state index contributed by atoms with van der Waals surface area (Å²) in [6.45, 7) is 7.47. The molecule has 1 rings (SSSR count). The number of nitrogens with one attached hydrogen (secondary N) is 3. The molecule has 3 N–H and O–H groups in total. The maximum atomic E-state index is 12.0. The van der Waals surface area contributed by atoms with Gasteiger partial charge in [-0.3, -0.25) is 9.79 Å². The van der Waals surface area contributed by atoms with Crippen LogP contribution < -0.4 is 20.7 Å². The van der Waals surface area contributed by atoms with E-state index < -0.39 is 5.41 Å². The van der Waals surface area contributed by atoms with Crippen molar-refractivity contribution in [1.82, 2.24) is 16.0 Å². The second-order valence-electron chi connectivity index (χ2n) is 5.87. The topological polar surface area (TPSA) is 74.8 Å². The maximum absolute atomic E-state index is 12.0. The monoisotopic (exact) mass is 448 g/mol. The van der Waals surface area contributed by atoms with Gasteiger partial charge in [0, 0.05) is 26.7 Å². The maximum Gasteiger partial charge on any atom is 0.227 e. The molecule has 6 nitrogen and oxygen atoms in total. The highest BCUT2D eigenvalue weighted by atomic mass is 127. The standard InChI is InChI=1S/C17H28N4O2.HI/c1-6-19-15(22)17(2,3)12-21-16(18-4)20-11-13-8-7-9-14(10-13)23-5;/h7-10H,6,11-12H2,1-5H3,(H,19,22)(H2,18,20,21);1H. The summed E-state index contributed by atoms with van der Waals surface area (Å²) in [5.74, 6) is 1.51. The Bertz CT molecular complexity index is 547. The molecule has 0 aliphatic carbocycles. The Hall–Kier alpha value is -1.51. The summed E-state index contributed by atoms with van der Waals surface area (Å²) >= 11 is 0. The first kappa shape index (κ1) is 22.5. The predicted molar refractivity (Wildman–Crippen MR) is 109 cm³/mol. The molecule has 0 unspecified atom stereocenters. The highest BCUT2D eigenvalue weighted by Crippen LogP contribution is 2.14. The number of benzene rings is 1. The lowest BCUT2D eigenvalue weighted by Crippen LogP contribution is -2.47. The fourth-order valence-electron chi connectivity index (χ4n) is 1.97. The Morgan fingerprint density at radius 1 is 1.25 bits per heavy atom. The quantitative estimate of drug-likeness (QED) is 0.340. The zero-order chi connectivity index (χ0) is 17.3. The molecule has 24 heavy (non-hydrogen) atoms. The van der Waals surface area contributed by atoms with E-state index in [9.17, 15) is 4.79 Å². The van der Waals surface area contributed by atoms with Crippen LogP contribution in [0.4, 0.5) is 0 Å². The highest BCUT2D eigenvalue weighted by molar-refractivity contribution is 14.0. The molecule has 0 aliphatic rings. The molecule has 0 fully saturated rings. The second-order valence-corrected chi connectivity index (χ2v) is 5.87. The molecule has 1 amide bonds. The number of hydrogen-bond donors (Lipinski definition) is 3. The number of nitrogens with zero attached hydrogens (tertiary/aromatic N) is 1. The summed E-state index contributed by atoms with van der Waals surface area (Å²) < 4.78 is 5.21. The molecule has 0 aliphatic heterocycles. The number of amides is 1. The number of rotatable bonds is 7.